The van der Waals surface area contributed by atoms with Crippen LogP contribution in [0.4, 0.5) is 0 Å². The Balaban J connectivity index is 2.25. The number of hydrogen-bond acceptors (Lipinski definition) is 3. The van der Waals surface area contributed by atoms with E-state index in [1.165, 1.54) is 6.92 Å². The van der Waals surface area contributed by atoms with Crippen LogP contribution in [-0.4, -0.2) is 29.9 Å². The predicted molar refractivity (Wildman–Crippen MR) is 64.6 cm³/mol. The lowest BCUT2D eigenvalue weighted by Gasteiger charge is -2.05. The Morgan fingerprint density at radius 3 is 2.53 bits per heavy atom. The topological polar surface area (TPSA) is 71.1 Å². The maximum Gasteiger partial charge on any atom is 0.252 e. The molecule has 92 valence electrons. The van der Waals surface area contributed by atoms with Gasteiger partial charge in [-0.1, -0.05) is 0 Å². The van der Waals surface area contributed by atoms with E-state index in [0.717, 1.165) is 5.69 Å². The molecule has 1 heterocycles. The molecule has 0 fully saturated rings. The zero-order valence-electron chi connectivity index (χ0n) is 10.1. The molecule has 17 heavy (non-hydrogen) atoms. The molecule has 0 saturated carbocycles. The van der Waals surface area contributed by atoms with Crippen LogP contribution in [0.3, 0.4) is 0 Å². The van der Waals surface area contributed by atoms with E-state index in [1.807, 2.05) is 6.92 Å². The van der Waals surface area contributed by atoms with Crippen LogP contribution in [0.2, 0.25) is 0 Å². The minimum atomic E-state index is -0.139. The first-order valence-corrected chi connectivity index (χ1v) is 5.55. The van der Waals surface area contributed by atoms with Crippen LogP contribution in [-0.2, 0) is 4.79 Å². The maximum atomic E-state index is 11.6. The molecule has 1 aromatic heterocycles. The first-order chi connectivity index (χ1) is 8.09. The summed E-state index contributed by atoms with van der Waals surface area (Å²) in [6, 6.07) is 3.54. The average molecular weight is 235 g/mol. The number of carbonyl (C=O) groups excluding carboxylic acids is 2. The van der Waals surface area contributed by atoms with E-state index >= 15 is 0 Å². The number of rotatable bonds is 5. The van der Waals surface area contributed by atoms with E-state index in [2.05, 4.69) is 15.6 Å². The van der Waals surface area contributed by atoms with Gasteiger partial charge in [0.2, 0.25) is 5.91 Å². The molecule has 5 heteroatoms. The Labute approximate surface area is 101 Å². The highest BCUT2D eigenvalue weighted by atomic mass is 16.2. The first-order valence-electron chi connectivity index (χ1n) is 5.55. The van der Waals surface area contributed by atoms with Crippen molar-refractivity contribution in [1.29, 1.82) is 0 Å². The molecule has 2 amide bonds. The van der Waals surface area contributed by atoms with Crippen LogP contribution < -0.4 is 10.6 Å². The highest BCUT2D eigenvalue weighted by Crippen LogP contribution is 1.98. The lowest BCUT2D eigenvalue weighted by Crippen LogP contribution is -2.28. The summed E-state index contributed by atoms with van der Waals surface area (Å²) in [5.74, 6) is -0.195. The number of amides is 2. The molecule has 0 aliphatic carbocycles. The van der Waals surface area contributed by atoms with Gasteiger partial charge < -0.3 is 10.6 Å². The van der Waals surface area contributed by atoms with E-state index in [0.29, 0.717) is 25.1 Å². The van der Waals surface area contributed by atoms with Crippen molar-refractivity contribution < 1.29 is 9.59 Å². The zero-order chi connectivity index (χ0) is 12.7. The second-order valence-corrected chi connectivity index (χ2v) is 3.78. The fourth-order valence-electron chi connectivity index (χ4n) is 1.26. The molecular formula is C12H17N3O2. The third kappa shape index (κ3) is 5.10. The van der Waals surface area contributed by atoms with Crippen LogP contribution in [0, 0.1) is 6.92 Å². The molecular weight excluding hydrogens is 218 g/mol. The minimum absolute atomic E-state index is 0.0564. The minimum Gasteiger partial charge on any atom is -0.356 e. The van der Waals surface area contributed by atoms with Gasteiger partial charge in [-0.15, -0.1) is 0 Å². The third-order valence-corrected chi connectivity index (χ3v) is 2.19. The fourth-order valence-corrected chi connectivity index (χ4v) is 1.26. The number of pyridine rings is 1. The summed E-state index contributed by atoms with van der Waals surface area (Å²) >= 11 is 0. The Hall–Kier alpha value is -1.91. The largest absolute Gasteiger partial charge is 0.356 e. The lowest BCUT2D eigenvalue weighted by atomic mass is 10.2. The van der Waals surface area contributed by atoms with Crippen LogP contribution in [0.25, 0.3) is 0 Å². The highest BCUT2D eigenvalue weighted by Gasteiger charge is 2.04. The Bertz CT molecular complexity index is 387. The van der Waals surface area contributed by atoms with Crippen molar-refractivity contribution in [2.45, 2.75) is 20.3 Å². The lowest BCUT2D eigenvalue weighted by molar-refractivity contribution is -0.118. The SMILES string of the molecule is CC(=O)NCCCNC(=O)c1ccc(C)nc1. The molecule has 0 saturated heterocycles. The van der Waals surface area contributed by atoms with E-state index < -0.39 is 0 Å². The van der Waals surface area contributed by atoms with Crippen molar-refractivity contribution in [2.75, 3.05) is 13.1 Å². The Morgan fingerprint density at radius 2 is 1.94 bits per heavy atom. The molecule has 2 N–H and O–H groups in total. The average Bonchev–Trinajstić information content (AvgIpc) is 2.29. The molecule has 5 nitrogen and oxygen atoms in total. The molecule has 0 aliphatic rings. The van der Waals surface area contributed by atoms with Gasteiger partial charge in [0.25, 0.3) is 5.91 Å². The van der Waals surface area contributed by atoms with Gasteiger partial charge in [-0.25, -0.2) is 0 Å². The van der Waals surface area contributed by atoms with Crippen molar-refractivity contribution in [1.82, 2.24) is 15.6 Å². The highest BCUT2D eigenvalue weighted by molar-refractivity contribution is 5.93. The fraction of sp³-hybridized carbons (Fsp3) is 0.417. The second kappa shape index (κ2) is 6.62. The predicted octanol–water partition coefficient (Wildman–Crippen LogP) is 0.646. The number of aryl methyl sites for hydroxylation is 1. The Kier molecular flexibility index (Phi) is 5.13. The van der Waals surface area contributed by atoms with Gasteiger partial charge in [-0.2, -0.15) is 0 Å². The normalized spacial score (nSPS) is 9.76. The summed E-state index contributed by atoms with van der Waals surface area (Å²) in [6.07, 6.45) is 2.27. The van der Waals surface area contributed by atoms with Gasteiger partial charge in [0.1, 0.15) is 0 Å². The van der Waals surface area contributed by atoms with Crippen LogP contribution >= 0.6 is 0 Å². The molecule has 1 rings (SSSR count). The van der Waals surface area contributed by atoms with Gasteiger partial charge in [-0.05, 0) is 25.5 Å². The molecule has 0 aromatic carbocycles. The maximum absolute atomic E-state index is 11.6. The monoisotopic (exact) mass is 235 g/mol. The van der Waals surface area contributed by atoms with Crippen molar-refractivity contribution >= 4 is 11.8 Å². The standard InChI is InChI=1S/C12H17N3O2/c1-9-4-5-11(8-15-9)12(17)14-7-3-6-13-10(2)16/h4-5,8H,3,6-7H2,1-2H3,(H,13,16)(H,14,17). The first kappa shape index (κ1) is 13.2. The Morgan fingerprint density at radius 1 is 1.24 bits per heavy atom. The summed E-state index contributed by atoms with van der Waals surface area (Å²) < 4.78 is 0. The van der Waals surface area contributed by atoms with Crippen LogP contribution in [0.15, 0.2) is 18.3 Å². The third-order valence-electron chi connectivity index (χ3n) is 2.19. The summed E-state index contributed by atoms with van der Waals surface area (Å²) in [4.78, 5) is 26.3. The molecule has 0 bridgehead atoms. The summed E-state index contributed by atoms with van der Waals surface area (Å²) in [6.45, 7) is 4.44. The van der Waals surface area contributed by atoms with E-state index in [4.69, 9.17) is 0 Å². The number of nitrogens with zero attached hydrogens (tertiary/aromatic N) is 1. The van der Waals surface area contributed by atoms with Gasteiger partial charge in [-0.3, -0.25) is 14.6 Å². The zero-order valence-corrected chi connectivity index (χ0v) is 10.1. The smallest absolute Gasteiger partial charge is 0.252 e. The van der Waals surface area contributed by atoms with Crippen LogP contribution in [0.5, 0.6) is 0 Å². The van der Waals surface area contributed by atoms with Gasteiger partial charge in [0.05, 0.1) is 5.56 Å². The second-order valence-electron chi connectivity index (χ2n) is 3.78. The van der Waals surface area contributed by atoms with Crippen molar-refractivity contribution in [3.63, 3.8) is 0 Å². The molecule has 0 atom stereocenters. The van der Waals surface area contributed by atoms with E-state index in [-0.39, 0.29) is 11.8 Å². The molecule has 0 aliphatic heterocycles. The number of aromatic nitrogens is 1. The van der Waals surface area contributed by atoms with Gasteiger partial charge in [0, 0.05) is 31.9 Å². The number of nitrogens with one attached hydrogen (secondary N) is 2. The van der Waals surface area contributed by atoms with Gasteiger partial charge >= 0.3 is 0 Å². The molecule has 0 unspecified atom stereocenters. The van der Waals surface area contributed by atoms with Crippen molar-refractivity contribution in [3.05, 3.63) is 29.6 Å². The van der Waals surface area contributed by atoms with Crippen molar-refractivity contribution in [2.24, 2.45) is 0 Å². The number of hydrogen-bond donors (Lipinski definition) is 2. The van der Waals surface area contributed by atoms with Crippen molar-refractivity contribution in [3.8, 4) is 0 Å². The summed E-state index contributed by atoms with van der Waals surface area (Å²) in [5.41, 5.74) is 1.43. The van der Waals surface area contributed by atoms with Crippen LogP contribution in [0.1, 0.15) is 29.4 Å². The molecule has 1 aromatic rings. The number of carbonyl (C=O) groups is 2. The molecule has 0 radical (unpaired) electrons. The van der Waals surface area contributed by atoms with E-state index in [1.54, 1.807) is 18.3 Å². The summed E-state index contributed by atoms with van der Waals surface area (Å²) in [7, 11) is 0. The molecule has 0 spiro atoms. The van der Waals surface area contributed by atoms with E-state index in [9.17, 15) is 9.59 Å². The quantitative estimate of drug-likeness (QED) is 0.736. The summed E-state index contributed by atoms with van der Waals surface area (Å²) in [5, 5.41) is 5.43. The van der Waals surface area contributed by atoms with Gasteiger partial charge in [0.15, 0.2) is 0 Å².